The van der Waals surface area contributed by atoms with Crippen LogP contribution in [0.1, 0.15) is 52.4 Å². The van der Waals surface area contributed by atoms with Gasteiger partial charge in [0.05, 0.1) is 0 Å². The largest absolute Gasteiger partial charge is 0.382 e. The van der Waals surface area contributed by atoms with Crippen LogP contribution in [0.5, 0.6) is 0 Å². The number of guanidine groups is 1. The molecule has 0 atom stereocenters. The molecule has 4 nitrogen and oxygen atoms in total. The zero-order valence-electron chi connectivity index (χ0n) is 13.3. The molecule has 1 saturated carbocycles. The topological polar surface area (TPSA) is 45.6 Å². The minimum Gasteiger partial charge on any atom is -0.382 e. The zero-order valence-corrected chi connectivity index (χ0v) is 15.7. The third-order valence-corrected chi connectivity index (χ3v) is 4.23. The molecule has 0 aliphatic heterocycles. The van der Waals surface area contributed by atoms with Crippen molar-refractivity contribution in [3.05, 3.63) is 0 Å². The Labute approximate surface area is 141 Å². The van der Waals surface area contributed by atoms with Gasteiger partial charge in [-0.15, -0.1) is 24.0 Å². The van der Waals surface area contributed by atoms with Crippen molar-refractivity contribution in [1.29, 1.82) is 0 Å². The average Bonchev–Trinajstić information content (AvgIpc) is 2.91. The maximum Gasteiger partial charge on any atom is 0.190 e. The summed E-state index contributed by atoms with van der Waals surface area (Å²) < 4.78 is 5.32. The standard InChI is InChI=1S/C15H31N3O.HI/c1-4-15(9-6-7-10-15)13-18-14(16-3)17-11-8-12-19-5-2;/h4-13H2,1-3H3,(H2,16,17,18);1H. The van der Waals surface area contributed by atoms with Crippen LogP contribution in [0, 0.1) is 5.41 Å². The molecule has 1 fully saturated rings. The number of nitrogens with one attached hydrogen (secondary N) is 2. The summed E-state index contributed by atoms with van der Waals surface area (Å²) in [6.45, 7) is 7.92. The molecule has 0 saturated heterocycles. The molecule has 0 unspecified atom stereocenters. The highest BCUT2D eigenvalue weighted by Crippen LogP contribution is 2.40. The molecule has 2 N–H and O–H groups in total. The van der Waals surface area contributed by atoms with E-state index in [4.69, 9.17) is 4.74 Å². The Bertz CT molecular complexity index is 266. The summed E-state index contributed by atoms with van der Waals surface area (Å²) in [5, 5.41) is 6.84. The van der Waals surface area contributed by atoms with Crippen LogP contribution >= 0.6 is 24.0 Å². The molecule has 0 radical (unpaired) electrons. The monoisotopic (exact) mass is 397 g/mol. The van der Waals surface area contributed by atoms with Crippen LogP contribution in [0.3, 0.4) is 0 Å². The van der Waals surface area contributed by atoms with E-state index in [0.717, 1.165) is 38.7 Å². The van der Waals surface area contributed by atoms with Gasteiger partial charge in [-0.2, -0.15) is 0 Å². The first kappa shape index (κ1) is 20.0. The van der Waals surface area contributed by atoms with E-state index in [1.54, 1.807) is 0 Å². The molecular weight excluding hydrogens is 365 g/mol. The Morgan fingerprint density at radius 2 is 1.90 bits per heavy atom. The maximum atomic E-state index is 5.32. The smallest absolute Gasteiger partial charge is 0.190 e. The van der Waals surface area contributed by atoms with Crippen molar-refractivity contribution < 1.29 is 4.74 Å². The molecule has 1 aliphatic carbocycles. The maximum absolute atomic E-state index is 5.32. The quantitative estimate of drug-likeness (QED) is 0.286. The summed E-state index contributed by atoms with van der Waals surface area (Å²) >= 11 is 0. The number of rotatable bonds is 8. The fourth-order valence-corrected chi connectivity index (χ4v) is 2.80. The van der Waals surface area contributed by atoms with Crippen molar-refractivity contribution in [2.24, 2.45) is 10.4 Å². The highest BCUT2D eigenvalue weighted by molar-refractivity contribution is 14.0. The molecule has 0 aromatic heterocycles. The average molecular weight is 397 g/mol. The Morgan fingerprint density at radius 3 is 2.45 bits per heavy atom. The fourth-order valence-electron chi connectivity index (χ4n) is 2.80. The zero-order chi connectivity index (χ0) is 14.0. The summed E-state index contributed by atoms with van der Waals surface area (Å²) in [6.07, 6.45) is 7.77. The van der Waals surface area contributed by atoms with Gasteiger partial charge in [0.1, 0.15) is 0 Å². The summed E-state index contributed by atoms with van der Waals surface area (Å²) in [4.78, 5) is 4.29. The van der Waals surface area contributed by atoms with Crippen LogP contribution in [-0.2, 0) is 4.74 Å². The Kier molecular flexibility index (Phi) is 11.6. The molecule has 120 valence electrons. The van der Waals surface area contributed by atoms with Gasteiger partial charge in [-0.05, 0) is 38.0 Å². The third kappa shape index (κ3) is 7.11. The van der Waals surface area contributed by atoms with Crippen LogP contribution in [-0.4, -0.2) is 39.3 Å². The second kappa shape index (κ2) is 11.6. The van der Waals surface area contributed by atoms with Crippen molar-refractivity contribution in [3.8, 4) is 0 Å². The van der Waals surface area contributed by atoms with Gasteiger partial charge in [-0.25, -0.2) is 0 Å². The van der Waals surface area contributed by atoms with Crippen molar-refractivity contribution in [1.82, 2.24) is 10.6 Å². The first-order valence-corrected chi connectivity index (χ1v) is 7.78. The first-order chi connectivity index (χ1) is 9.26. The van der Waals surface area contributed by atoms with Gasteiger partial charge in [0.25, 0.3) is 0 Å². The van der Waals surface area contributed by atoms with Gasteiger partial charge in [0.2, 0.25) is 0 Å². The molecular formula is C15H32IN3O. The van der Waals surface area contributed by atoms with E-state index in [1.807, 2.05) is 14.0 Å². The summed E-state index contributed by atoms with van der Waals surface area (Å²) in [7, 11) is 1.84. The number of nitrogens with zero attached hydrogens (tertiary/aromatic N) is 1. The number of hydrogen-bond acceptors (Lipinski definition) is 2. The number of halogens is 1. The van der Waals surface area contributed by atoms with Crippen molar-refractivity contribution >= 4 is 29.9 Å². The van der Waals surface area contributed by atoms with Crippen LogP contribution < -0.4 is 10.6 Å². The second-order valence-electron chi connectivity index (χ2n) is 5.46. The normalized spacial score (nSPS) is 17.6. The molecule has 0 aromatic rings. The second-order valence-corrected chi connectivity index (χ2v) is 5.46. The summed E-state index contributed by atoms with van der Waals surface area (Å²) in [5.41, 5.74) is 0.503. The highest BCUT2D eigenvalue weighted by atomic mass is 127. The number of aliphatic imine (C=N–C) groups is 1. The molecule has 1 aliphatic rings. The molecule has 1 rings (SSSR count). The summed E-state index contributed by atoms with van der Waals surface area (Å²) in [6, 6.07) is 0. The summed E-state index contributed by atoms with van der Waals surface area (Å²) in [5.74, 6) is 0.927. The number of ether oxygens (including phenoxy) is 1. The lowest BCUT2D eigenvalue weighted by molar-refractivity contribution is 0.145. The van der Waals surface area contributed by atoms with E-state index in [-0.39, 0.29) is 24.0 Å². The molecule has 0 aromatic carbocycles. The van der Waals surface area contributed by atoms with Gasteiger partial charge < -0.3 is 15.4 Å². The fraction of sp³-hybridized carbons (Fsp3) is 0.933. The molecule has 0 heterocycles. The van der Waals surface area contributed by atoms with E-state index >= 15 is 0 Å². The Morgan fingerprint density at radius 1 is 1.20 bits per heavy atom. The van der Waals surface area contributed by atoms with Crippen LogP contribution in [0.4, 0.5) is 0 Å². The Balaban J connectivity index is 0.00000361. The van der Waals surface area contributed by atoms with Crippen molar-refractivity contribution in [3.63, 3.8) is 0 Å². The lowest BCUT2D eigenvalue weighted by atomic mass is 9.83. The van der Waals surface area contributed by atoms with E-state index in [2.05, 4.69) is 22.5 Å². The predicted molar refractivity (Wildman–Crippen MR) is 97.1 cm³/mol. The highest BCUT2D eigenvalue weighted by Gasteiger charge is 2.31. The van der Waals surface area contributed by atoms with E-state index in [1.165, 1.54) is 32.1 Å². The van der Waals surface area contributed by atoms with E-state index < -0.39 is 0 Å². The minimum atomic E-state index is 0. The molecule has 0 spiro atoms. The van der Waals surface area contributed by atoms with Crippen molar-refractivity contribution in [2.75, 3.05) is 33.4 Å². The SMILES string of the molecule is CCOCCCNC(=NC)NCC1(CC)CCCC1.I. The van der Waals surface area contributed by atoms with Gasteiger partial charge >= 0.3 is 0 Å². The predicted octanol–water partition coefficient (Wildman–Crippen LogP) is 3.17. The first-order valence-electron chi connectivity index (χ1n) is 7.78. The van der Waals surface area contributed by atoms with Crippen LogP contribution in [0.15, 0.2) is 4.99 Å². The molecule has 20 heavy (non-hydrogen) atoms. The molecule has 0 amide bonds. The number of hydrogen-bond donors (Lipinski definition) is 2. The minimum absolute atomic E-state index is 0. The molecule has 0 bridgehead atoms. The van der Waals surface area contributed by atoms with Crippen LogP contribution in [0.25, 0.3) is 0 Å². The lowest BCUT2D eigenvalue weighted by Gasteiger charge is -2.28. The lowest BCUT2D eigenvalue weighted by Crippen LogP contribution is -2.43. The van der Waals surface area contributed by atoms with E-state index in [0.29, 0.717) is 5.41 Å². The Hall–Kier alpha value is -0.0400. The van der Waals surface area contributed by atoms with Gasteiger partial charge in [-0.1, -0.05) is 19.8 Å². The van der Waals surface area contributed by atoms with Crippen molar-refractivity contribution in [2.45, 2.75) is 52.4 Å². The van der Waals surface area contributed by atoms with Crippen LogP contribution in [0.2, 0.25) is 0 Å². The third-order valence-electron chi connectivity index (χ3n) is 4.23. The van der Waals surface area contributed by atoms with E-state index in [9.17, 15) is 0 Å². The van der Waals surface area contributed by atoms with Gasteiger partial charge in [0.15, 0.2) is 5.96 Å². The van der Waals surface area contributed by atoms with Gasteiger partial charge in [-0.3, -0.25) is 4.99 Å². The van der Waals surface area contributed by atoms with Gasteiger partial charge in [0, 0.05) is 33.4 Å². The molecule has 5 heteroatoms.